The first kappa shape index (κ1) is 33.5. The van der Waals surface area contributed by atoms with Gasteiger partial charge in [-0.15, -0.1) is 0 Å². The van der Waals surface area contributed by atoms with Crippen molar-refractivity contribution in [2.45, 2.75) is 84.0 Å². The molecule has 0 radical (unpaired) electrons. The van der Waals surface area contributed by atoms with Crippen LogP contribution in [0.5, 0.6) is 0 Å². The lowest BCUT2D eigenvalue weighted by molar-refractivity contribution is -0.207. The predicted octanol–water partition coefficient (Wildman–Crippen LogP) is 5.45. The molecule has 0 bridgehead atoms. The van der Waals surface area contributed by atoms with Gasteiger partial charge < -0.3 is 19.7 Å². The molecule has 1 aliphatic rings. The average Bonchev–Trinajstić information content (AvgIpc) is 3.23. The number of nitrogens with zero attached hydrogens (tertiary/aromatic N) is 4. The molecule has 0 aromatic carbocycles. The molecule has 222 valence electrons. The number of hydrogen-bond acceptors (Lipinski definition) is 10. The molecular weight excluding hydrogens is 567 g/mol. The Hall–Kier alpha value is -2.74. The van der Waals surface area contributed by atoms with Crippen LogP contribution in [0.4, 0.5) is 9.59 Å². The summed E-state index contributed by atoms with van der Waals surface area (Å²) in [5.41, 5.74) is -0.0924. The number of aliphatic hydroxyl groups is 2. The fraction of sp³-hybridized carbons (Fsp3) is 0.538. The van der Waals surface area contributed by atoms with Crippen molar-refractivity contribution in [1.82, 2.24) is 20.1 Å². The highest BCUT2D eigenvalue weighted by molar-refractivity contribution is 6.29. The summed E-state index contributed by atoms with van der Waals surface area (Å²) in [6.45, 7) is 10.2. The Labute approximate surface area is 243 Å². The second kappa shape index (κ2) is 14.2. The van der Waals surface area contributed by atoms with Crippen molar-refractivity contribution in [1.29, 1.82) is 0 Å². The fourth-order valence-electron chi connectivity index (χ4n) is 3.44. The van der Waals surface area contributed by atoms with E-state index in [0.717, 1.165) is 10.6 Å². The maximum Gasteiger partial charge on any atom is 0.435 e. The molecule has 2 aromatic heterocycles. The number of halogens is 2. The van der Waals surface area contributed by atoms with E-state index in [1.54, 1.807) is 72.0 Å². The number of carbonyl (C=O) groups excluding carboxylic acids is 2. The Morgan fingerprint density at radius 1 is 1.05 bits per heavy atom. The van der Waals surface area contributed by atoms with Crippen LogP contribution < -0.4 is 0 Å². The van der Waals surface area contributed by atoms with Gasteiger partial charge in [-0.25, -0.2) is 24.4 Å². The van der Waals surface area contributed by atoms with Crippen molar-refractivity contribution >= 4 is 35.4 Å². The lowest BCUT2D eigenvalue weighted by Crippen LogP contribution is -2.37. The standard InChI is InChI=1S/C13H17ClN2O4.C13H19ClN2O4/c1-13(2,3)19-12(18)16-9(6-11(17)20-16)8-4-5-10(14)15-7-8;1-13(2,3)20-12(18)16(19)10(6-7-17)9-4-5-11(14)15-8-9/h4-5,7,9,11,17H,6H2,1-3H3;4-5,8,10,17,19H,6-7H2,1-3H3. The maximum absolute atomic E-state index is 12.1. The summed E-state index contributed by atoms with van der Waals surface area (Å²) < 4.78 is 10.3. The second-order valence-electron chi connectivity index (χ2n) is 10.8. The third-order valence-corrected chi connectivity index (χ3v) is 5.51. The van der Waals surface area contributed by atoms with Crippen LogP contribution in [-0.2, 0) is 14.3 Å². The molecular formula is C26H36Cl2N4O8. The van der Waals surface area contributed by atoms with Crippen molar-refractivity contribution in [3.05, 3.63) is 58.1 Å². The van der Waals surface area contributed by atoms with Gasteiger partial charge in [0.1, 0.15) is 21.5 Å². The van der Waals surface area contributed by atoms with Gasteiger partial charge in [0, 0.05) is 25.4 Å². The van der Waals surface area contributed by atoms with Gasteiger partial charge in [-0.1, -0.05) is 35.3 Å². The minimum absolute atomic E-state index is 0.152. The summed E-state index contributed by atoms with van der Waals surface area (Å²) in [5.74, 6) is 0. The lowest BCUT2D eigenvalue weighted by atomic mass is 10.1. The van der Waals surface area contributed by atoms with E-state index in [4.69, 9.17) is 42.6 Å². The van der Waals surface area contributed by atoms with Gasteiger partial charge in [-0.05, 0) is 71.2 Å². The quantitative estimate of drug-likeness (QED) is 0.228. The Kier molecular flexibility index (Phi) is 11.9. The molecule has 14 heteroatoms. The summed E-state index contributed by atoms with van der Waals surface area (Å²) in [7, 11) is 0. The molecule has 3 unspecified atom stereocenters. The Bertz CT molecular complexity index is 1060. The number of hydrogen-bond donors (Lipinski definition) is 3. The highest BCUT2D eigenvalue weighted by Crippen LogP contribution is 2.34. The molecule has 2 amide bonds. The number of aromatic nitrogens is 2. The Morgan fingerprint density at radius 2 is 1.62 bits per heavy atom. The molecule has 0 spiro atoms. The van der Waals surface area contributed by atoms with E-state index in [-0.39, 0.29) is 19.4 Å². The minimum Gasteiger partial charge on any atom is -0.442 e. The lowest BCUT2D eigenvalue weighted by Gasteiger charge is -2.28. The number of rotatable bonds is 5. The van der Waals surface area contributed by atoms with Crippen molar-refractivity contribution in [2.24, 2.45) is 0 Å². The molecule has 1 saturated heterocycles. The van der Waals surface area contributed by atoms with E-state index < -0.39 is 41.8 Å². The number of aliphatic hydroxyl groups excluding tert-OH is 2. The topological polar surface area (TPSA) is 155 Å². The van der Waals surface area contributed by atoms with Gasteiger partial charge >= 0.3 is 12.2 Å². The molecule has 0 saturated carbocycles. The van der Waals surface area contributed by atoms with Gasteiger partial charge in [0.05, 0.1) is 12.1 Å². The minimum atomic E-state index is -1.05. The summed E-state index contributed by atoms with van der Waals surface area (Å²) >= 11 is 11.4. The molecule has 3 heterocycles. The van der Waals surface area contributed by atoms with Crippen LogP contribution in [-0.4, -0.2) is 71.8 Å². The first-order valence-corrected chi connectivity index (χ1v) is 13.2. The average molecular weight is 604 g/mol. The van der Waals surface area contributed by atoms with Crippen molar-refractivity contribution in [3.63, 3.8) is 0 Å². The first-order valence-electron chi connectivity index (χ1n) is 12.4. The van der Waals surface area contributed by atoms with E-state index in [2.05, 4.69) is 9.97 Å². The third-order valence-electron chi connectivity index (χ3n) is 5.07. The summed E-state index contributed by atoms with van der Waals surface area (Å²) in [6, 6.07) is 5.32. The molecule has 1 aliphatic heterocycles. The molecule has 3 atom stereocenters. The SMILES string of the molecule is CC(C)(C)OC(=O)N(O)C(CCO)c1ccc(Cl)nc1.CC(C)(C)OC(=O)N1OC(O)CC1c1ccc(Cl)nc1. The molecule has 40 heavy (non-hydrogen) atoms. The zero-order valence-electron chi connectivity index (χ0n) is 23.2. The van der Waals surface area contributed by atoms with Crippen LogP contribution in [0.15, 0.2) is 36.7 Å². The zero-order valence-corrected chi connectivity index (χ0v) is 24.8. The van der Waals surface area contributed by atoms with Crippen LogP contribution in [0.1, 0.15) is 77.6 Å². The van der Waals surface area contributed by atoms with E-state index >= 15 is 0 Å². The molecule has 0 aliphatic carbocycles. The van der Waals surface area contributed by atoms with Crippen LogP contribution >= 0.6 is 23.2 Å². The maximum atomic E-state index is 12.1. The van der Waals surface area contributed by atoms with Gasteiger partial charge in [0.15, 0.2) is 6.29 Å². The van der Waals surface area contributed by atoms with Crippen LogP contribution in [0, 0.1) is 0 Å². The van der Waals surface area contributed by atoms with E-state index in [1.165, 1.54) is 6.20 Å². The van der Waals surface area contributed by atoms with E-state index in [1.807, 2.05) is 0 Å². The van der Waals surface area contributed by atoms with E-state index in [9.17, 15) is 19.9 Å². The number of pyridine rings is 2. The highest BCUT2D eigenvalue weighted by atomic mass is 35.5. The van der Waals surface area contributed by atoms with Crippen molar-refractivity contribution in [2.75, 3.05) is 6.61 Å². The van der Waals surface area contributed by atoms with E-state index in [0.29, 0.717) is 20.9 Å². The van der Waals surface area contributed by atoms with Gasteiger partial charge in [-0.3, -0.25) is 5.21 Å². The molecule has 12 nitrogen and oxygen atoms in total. The smallest absolute Gasteiger partial charge is 0.435 e. The first-order chi connectivity index (χ1) is 18.5. The zero-order chi connectivity index (χ0) is 30.3. The third kappa shape index (κ3) is 10.7. The van der Waals surface area contributed by atoms with Gasteiger partial charge in [0.2, 0.25) is 0 Å². The Balaban J connectivity index is 0.000000280. The van der Waals surface area contributed by atoms with Gasteiger partial charge in [-0.2, -0.15) is 10.1 Å². The summed E-state index contributed by atoms with van der Waals surface area (Å²) in [6.07, 6.45) is 0.812. The largest absolute Gasteiger partial charge is 0.442 e. The van der Waals surface area contributed by atoms with Crippen LogP contribution in [0.2, 0.25) is 10.3 Å². The predicted molar refractivity (Wildman–Crippen MR) is 145 cm³/mol. The Morgan fingerprint density at radius 3 is 2.10 bits per heavy atom. The fourth-order valence-corrected chi connectivity index (χ4v) is 3.66. The number of ether oxygens (including phenoxy) is 2. The van der Waals surface area contributed by atoms with Crippen LogP contribution in [0.25, 0.3) is 0 Å². The van der Waals surface area contributed by atoms with Crippen molar-refractivity contribution < 1.29 is 39.3 Å². The summed E-state index contributed by atoms with van der Waals surface area (Å²) in [4.78, 5) is 36.9. The normalized spacial score (nSPS) is 17.9. The molecule has 1 fully saturated rings. The van der Waals surface area contributed by atoms with Gasteiger partial charge in [0.25, 0.3) is 0 Å². The van der Waals surface area contributed by atoms with Crippen molar-refractivity contribution in [3.8, 4) is 0 Å². The number of amides is 2. The molecule has 2 aromatic rings. The highest BCUT2D eigenvalue weighted by Gasteiger charge is 2.39. The number of hydroxylamine groups is 4. The summed E-state index contributed by atoms with van der Waals surface area (Å²) in [5, 5.41) is 30.8. The monoisotopic (exact) mass is 602 g/mol. The molecule has 3 rings (SSSR count). The second-order valence-corrected chi connectivity index (χ2v) is 11.6. The number of carbonyl (C=O) groups is 2. The molecule has 3 N–H and O–H groups in total. The van der Waals surface area contributed by atoms with Crippen LogP contribution in [0.3, 0.4) is 0 Å².